The highest BCUT2D eigenvalue weighted by Crippen LogP contribution is 2.36. The molecule has 3 atom stereocenters. The maximum Gasteiger partial charge on any atom is 0.416 e. The van der Waals surface area contributed by atoms with Gasteiger partial charge in [0.1, 0.15) is 5.82 Å². The molecule has 2 aromatic carbocycles. The number of hydrogen-bond donors (Lipinski definition) is 0. The van der Waals surface area contributed by atoms with Gasteiger partial charge in [-0.25, -0.2) is 4.98 Å². The van der Waals surface area contributed by atoms with Crippen LogP contribution in [0.4, 0.5) is 13.2 Å². The Morgan fingerprint density at radius 2 is 1.75 bits per heavy atom. The van der Waals surface area contributed by atoms with Crippen molar-refractivity contribution in [3.63, 3.8) is 0 Å². The summed E-state index contributed by atoms with van der Waals surface area (Å²) in [5.74, 6) is 0.848. The Hall–Kier alpha value is -3.50. The Bertz CT molecular complexity index is 1730. The summed E-state index contributed by atoms with van der Waals surface area (Å²) in [6.45, 7) is 10.4. The molecule has 6 nitrogen and oxygen atoms in total. The lowest BCUT2D eigenvalue weighted by Gasteiger charge is -2.36. The third kappa shape index (κ3) is 7.25. The van der Waals surface area contributed by atoms with Crippen molar-refractivity contribution >= 4 is 34.1 Å². The molecule has 48 heavy (non-hydrogen) atoms. The van der Waals surface area contributed by atoms with Gasteiger partial charge in [0.25, 0.3) is 0 Å². The normalized spacial score (nSPS) is 18.9. The Balaban J connectivity index is 1.15. The number of likely N-dealkylation sites (tertiary alicyclic amines) is 2. The van der Waals surface area contributed by atoms with Gasteiger partial charge in [-0.3, -0.25) is 14.5 Å². The van der Waals surface area contributed by atoms with E-state index in [0.717, 1.165) is 60.2 Å². The standard InChI is InChI=1S/C38H45F3N4O2S/c1-5-29(6-2)45-34-14-11-26(17-33(34)42-36(45)20-32-8-7-15-48-32)35(46)18-27(16-24(3)4)37(47)44-23-30-19-31(44)22-43(30)21-25-9-12-28(13-10-25)38(39,40)41/h7-15,17,24,27,29-31H,5-6,16,18-23H2,1-4H3/t27-,30?,31?/m1/s1. The molecule has 4 aromatic rings. The predicted octanol–water partition coefficient (Wildman–Crippen LogP) is 8.79. The number of aromatic nitrogens is 2. The van der Waals surface area contributed by atoms with Crippen LogP contribution in [0.5, 0.6) is 0 Å². The van der Waals surface area contributed by atoms with Crippen molar-refractivity contribution < 1.29 is 22.8 Å². The van der Waals surface area contributed by atoms with E-state index in [1.54, 1.807) is 23.5 Å². The fraction of sp³-hybridized carbons (Fsp3) is 0.500. The first-order valence-electron chi connectivity index (χ1n) is 17.2. The minimum Gasteiger partial charge on any atom is -0.337 e. The number of carbonyl (C=O) groups is 2. The van der Waals surface area contributed by atoms with Crippen molar-refractivity contribution in [2.24, 2.45) is 11.8 Å². The molecule has 1 amide bonds. The third-order valence-corrected chi connectivity index (χ3v) is 11.0. The molecule has 0 saturated carbocycles. The molecule has 256 valence electrons. The summed E-state index contributed by atoms with van der Waals surface area (Å²) in [5.41, 5.74) is 2.63. The highest BCUT2D eigenvalue weighted by Gasteiger charge is 2.46. The third-order valence-electron chi connectivity index (χ3n) is 10.1. The van der Waals surface area contributed by atoms with E-state index in [-0.39, 0.29) is 36.1 Å². The number of imidazole rings is 1. The van der Waals surface area contributed by atoms with Crippen molar-refractivity contribution in [1.29, 1.82) is 0 Å². The van der Waals surface area contributed by atoms with Gasteiger partial charge in [-0.05, 0) is 78.9 Å². The fourth-order valence-electron chi connectivity index (χ4n) is 7.74. The maximum atomic E-state index is 14.0. The van der Waals surface area contributed by atoms with Gasteiger partial charge >= 0.3 is 6.18 Å². The van der Waals surface area contributed by atoms with Crippen LogP contribution in [0.1, 0.15) is 98.0 Å². The number of benzene rings is 2. The average Bonchev–Trinajstić information content (AvgIpc) is 3.86. The average molecular weight is 679 g/mol. The quantitative estimate of drug-likeness (QED) is 0.133. The second kappa shape index (κ2) is 14.2. The molecule has 2 unspecified atom stereocenters. The number of thiophene rings is 1. The van der Waals surface area contributed by atoms with Gasteiger partial charge in [-0.1, -0.05) is 45.9 Å². The van der Waals surface area contributed by atoms with E-state index in [9.17, 15) is 22.8 Å². The molecular weight excluding hydrogens is 634 g/mol. The molecule has 2 aliphatic rings. The number of nitrogens with zero attached hydrogens (tertiary/aromatic N) is 4. The number of piperazine rings is 1. The van der Waals surface area contributed by atoms with Crippen LogP contribution in [0.2, 0.25) is 0 Å². The van der Waals surface area contributed by atoms with Crippen LogP contribution < -0.4 is 0 Å². The molecule has 6 rings (SSSR count). The number of fused-ring (bicyclic) bond motifs is 3. The summed E-state index contributed by atoms with van der Waals surface area (Å²) >= 11 is 1.72. The van der Waals surface area contributed by atoms with E-state index < -0.39 is 17.7 Å². The number of carbonyl (C=O) groups excluding carboxylic acids is 2. The molecular formula is C38H45F3N4O2S. The van der Waals surface area contributed by atoms with Crippen LogP contribution in [0.25, 0.3) is 11.0 Å². The number of halogens is 3. The van der Waals surface area contributed by atoms with E-state index >= 15 is 0 Å². The number of amides is 1. The van der Waals surface area contributed by atoms with Crippen LogP contribution >= 0.6 is 11.3 Å². The lowest BCUT2D eigenvalue weighted by atomic mass is 9.89. The Morgan fingerprint density at radius 1 is 1.00 bits per heavy atom. The molecule has 2 aromatic heterocycles. The highest BCUT2D eigenvalue weighted by atomic mass is 32.1. The second-order valence-corrected chi connectivity index (χ2v) is 15.0. The lowest BCUT2D eigenvalue weighted by molar-refractivity contribution is -0.138. The van der Waals surface area contributed by atoms with Crippen molar-refractivity contribution in [3.05, 3.63) is 87.4 Å². The second-order valence-electron chi connectivity index (χ2n) is 13.9. The molecule has 2 fully saturated rings. The van der Waals surface area contributed by atoms with Crippen LogP contribution in [-0.2, 0) is 23.9 Å². The largest absolute Gasteiger partial charge is 0.416 e. The summed E-state index contributed by atoms with van der Waals surface area (Å²) in [6.07, 6.45) is 0.00521. The number of alkyl halides is 3. The summed E-state index contributed by atoms with van der Waals surface area (Å²) in [5, 5.41) is 2.08. The van der Waals surface area contributed by atoms with Crippen molar-refractivity contribution in [2.75, 3.05) is 13.1 Å². The van der Waals surface area contributed by atoms with Crippen molar-refractivity contribution in [2.45, 2.75) is 97.1 Å². The number of Topliss-reactive ketones (excluding diaryl/α,β-unsaturated/α-hetero) is 1. The molecule has 10 heteroatoms. The molecule has 0 spiro atoms. The van der Waals surface area contributed by atoms with Crippen LogP contribution in [-0.4, -0.2) is 56.2 Å². The van der Waals surface area contributed by atoms with E-state index in [0.29, 0.717) is 37.7 Å². The molecule has 4 heterocycles. The zero-order valence-corrected chi connectivity index (χ0v) is 29.0. The summed E-state index contributed by atoms with van der Waals surface area (Å²) in [7, 11) is 0. The number of ketones is 1. The predicted molar refractivity (Wildman–Crippen MR) is 184 cm³/mol. The van der Waals surface area contributed by atoms with E-state index in [1.807, 2.05) is 23.1 Å². The Morgan fingerprint density at radius 3 is 2.35 bits per heavy atom. The zero-order valence-electron chi connectivity index (χ0n) is 28.2. The van der Waals surface area contributed by atoms with Gasteiger partial charge in [0.15, 0.2) is 5.78 Å². The highest BCUT2D eigenvalue weighted by molar-refractivity contribution is 7.09. The van der Waals surface area contributed by atoms with Crippen molar-refractivity contribution in [1.82, 2.24) is 19.4 Å². The topological polar surface area (TPSA) is 58.4 Å². The molecule has 0 N–H and O–H groups in total. The molecule has 2 aliphatic heterocycles. The first kappa shape index (κ1) is 34.4. The molecule has 0 radical (unpaired) electrons. The van der Waals surface area contributed by atoms with Gasteiger partial charge in [0.2, 0.25) is 5.91 Å². The van der Waals surface area contributed by atoms with Crippen LogP contribution in [0.3, 0.4) is 0 Å². The number of hydrogen-bond acceptors (Lipinski definition) is 5. The van der Waals surface area contributed by atoms with Crippen molar-refractivity contribution in [3.8, 4) is 0 Å². The van der Waals surface area contributed by atoms with Crippen LogP contribution in [0.15, 0.2) is 60.0 Å². The fourth-order valence-corrected chi connectivity index (χ4v) is 8.44. The van der Waals surface area contributed by atoms with Gasteiger partial charge in [-0.15, -0.1) is 11.3 Å². The Kier molecular flexibility index (Phi) is 10.1. The first-order chi connectivity index (χ1) is 22.9. The van der Waals surface area contributed by atoms with E-state index in [2.05, 4.69) is 54.7 Å². The zero-order chi connectivity index (χ0) is 34.2. The molecule has 2 saturated heterocycles. The molecule has 0 aliphatic carbocycles. The summed E-state index contributed by atoms with van der Waals surface area (Å²) in [4.78, 5) is 38.4. The van der Waals surface area contributed by atoms with Gasteiger partial charge in [0.05, 0.1) is 16.6 Å². The summed E-state index contributed by atoms with van der Waals surface area (Å²) in [6, 6.07) is 15.9. The lowest BCUT2D eigenvalue weighted by Crippen LogP contribution is -2.50. The van der Waals surface area contributed by atoms with Gasteiger partial charge in [-0.2, -0.15) is 13.2 Å². The molecule has 2 bridgehead atoms. The van der Waals surface area contributed by atoms with E-state index in [1.165, 1.54) is 4.88 Å². The van der Waals surface area contributed by atoms with Crippen LogP contribution in [0, 0.1) is 11.8 Å². The number of rotatable bonds is 13. The monoisotopic (exact) mass is 678 g/mol. The smallest absolute Gasteiger partial charge is 0.337 e. The Labute approximate surface area is 284 Å². The maximum absolute atomic E-state index is 14.0. The van der Waals surface area contributed by atoms with Gasteiger partial charge in [0, 0.05) is 67.0 Å². The minimum atomic E-state index is -4.35. The first-order valence-corrected chi connectivity index (χ1v) is 18.1. The van der Waals surface area contributed by atoms with E-state index in [4.69, 9.17) is 4.98 Å². The minimum absolute atomic E-state index is 0.0380. The SMILES string of the molecule is CCC(CC)n1c(Cc2cccs2)nc2cc(C(=O)C[C@@H](CC(C)C)C(=O)N3CC4CC3CN4Cc3ccc(C(F)(F)F)cc3)ccc21. The summed E-state index contributed by atoms with van der Waals surface area (Å²) < 4.78 is 41.3. The van der Waals surface area contributed by atoms with Gasteiger partial charge < -0.3 is 9.47 Å².